The topological polar surface area (TPSA) is 40.5 Å². The highest BCUT2D eigenvalue weighted by molar-refractivity contribution is 7.12. The van der Waals surface area contributed by atoms with Crippen LogP contribution in [0.4, 0.5) is 0 Å². The summed E-state index contributed by atoms with van der Waals surface area (Å²) >= 11 is 1.63. The van der Waals surface area contributed by atoms with Gasteiger partial charge in [0.05, 0.1) is 4.88 Å². The number of benzene rings is 1. The van der Waals surface area contributed by atoms with Gasteiger partial charge in [0, 0.05) is 18.2 Å². The van der Waals surface area contributed by atoms with Gasteiger partial charge in [0.15, 0.2) is 0 Å². The fourth-order valence-electron chi connectivity index (χ4n) is 1.85. The fourth-order valence-corrected chi connectivity index (χ4v) is 2.75. The zero-order valence-electron chi connectivity index (χ0n) is 12.0. The van der Waals surface area contributed by atoms with Crippen molar-refractivity contribution in [3.63, 3.8) is 0 Å². The summed E-state index contributed by atoms with van der Waals surface area (Å²) in [6, 6.07) is 13.8. The fraction of sp³-hybridized carbons (Fsp3) is 0.235. The van der Waals surface area contributed by atoms with Gasteiger partial charge in [0.1, 0.15) is 6.04 Å². The highest BCUT2D eigenvalue weighted by Crippen LogP contribution is 2.19. The summed E-state index contributed by atoms with van der Waals surface area (Å²) in [5.74, 6) is 5.46. The summed E-state index contributed by atoms with van der Waals surface area (Å²) < 4.78 is 0. The predicted molar refractivity (Wildman–Crippen MR) is 84.2 cm³/mol. The summed E-state index contributed by atoms with van der Waals surface area (Å²) in [4.78, 5) is 13.2. The highest BCUT2D eigenvalue weighted by atomic mass is 32.1. The number of nitrogens with zero attached hydrogens (tertiary/aromatic N) is 1. The number of carbonyl (C=O) groups is 1. The molecule has 1 N–H and O–H groups in total. The molecule has 4 heteroatoms. The van der Waals surface area contributed by atoms with Crippen LogP contribution in [0.25, 0.3) is 0 Å². The Morgan fingerprint density at radius 3 is 2.67 bits per heavy atom. The SMILES string of the molecule is CC(=O)N(O)[C@@H](C)C#Cc1ccc(Cc2ccccc2)s1. The van der Waals surface area contributed by atoms with Gasteiger partial charge in [0.2, 0.25) is 5.91 Å². The Bertz CT molecular complexity index is 667. The summed E-state index contributed by atoms with van der Waals surface area (Å²) in [7, 11) is 0. The number of rotatable bonds is 3. The molecule has 1 aromatic heterocycles. The standard InChI is InChI=1S/C17H17NO2S/c1-13(18(20)14(2)19)8-9-16-10-11-17(21-16)12-15-6-4-3-5-7-15/h3-7,10-11,13,20H,12H2,1-2H3/t13-/m0/s1. The van der Waals surface area contributed by atoms with Crippen molar-refractivity contribution in [1.82, 2.24) is 5.06 Å². The number of carbonyl (C=O) groups excluding carboxylic acids is 1. The van der Waals surface area contributed by atoms with E-state index in [9.17, 15) is 10.0 Å². The van der Waals surface area contributed by atoms with Gasteiger partial charge in [-0.05, 0) is 24.6 Å². The van der Waals surface area contributed by atoms with Crippen molar-refractivity contribution in [3.05, 3.63) is 57.8 Å². The molecule has 1 aromatic carbocycles. The summed E-state index contributed by atoms with van der Waals surface area (Å²) in [5.41, 5.74) is 1.27. The molecule has 3 nitrogen and oxygen atoms in total. The Kier molecular flexibility index (Phi) is 5.15. The predicted octanol–water partition coefficient (Wildman–Crippen LogP) is 3.32. The van der Waals surface area contributed by atoms with Crippen LogP contribution in [0.1, 0.15) is 29.2 Å². The molecular formula is C17H17NO2S. The summed E-state index contributed by atoms with van der Waals surface area (Å²) in [6.07, 6.45) is 0.891. The quantitative estimate of drug-likeness (QED) is 0.536. The van der Waals surface area contributed by atoms with Crippen molar-refractivity contribution in [2.24, 2.45) is 0 Å². The molecule has 1 atom stereocenters. The van der Waals surface area contributed by atoms with Crippen LogP contribution in [0.5, 0.6) is 0 Å². The van der Waals surface area contributed by atoms with Crippen LogP contribution >= 0.6 is 11.3 Å². The van der Waals surface area contributed by atoms with E-state index < -0.39 is 11.9 Å². The first-order chi connectivity index (χ1) is 10.1. The minimum absolute atomic E-state index is 0.409. The lowest BCUT2D eigenvalue weighted by molar-refractivity contribution is -0.166. The highest BCUT2D eigenvalue weighted by Gasteiger charge is 2.10. The first-order valence-corrected chi connectivity index (χ1v) is 7.51. The number of hydroxylamine groups is 2. The van der Waals surface area contributed by atoms with E-state index in [1.807, 2.05) is 24.3 Å². The van der Waals surface area contributed by atoms with E-state index >= 15 is 0 Å². The molecule has 0 fully saturated rings. The Balaban J connectivity index is 2.02. The molecule has 0 aliphatic carbocycles. The van der Waals surface area contributed by atoms with E-state index in [-0.39, 0.29) is 0 Å². The van der Waals surface area contributed by atoms with Crippen LogP contribution in [-0.2, 0) is 11.2 Å². The smallest absolute Gasteiger partial charge is 0.243 e. The first-order valence-electron chi connectivity index (χ1n) is 6.69. The molecule has 21 heavy (non-hydrogen) atoms. The minimum atomic E-state index is -0.512. The van der Waals surface area contributed by atoms with Gasteiger partial charge < -0.3 is 0 Å². The van der Waals surface area contributed by atoms with Crippen LogP contribution in [0.2, 0.25) is 0 Å². The van der Waals surface area contributed by atoms with E-state index in [0.29, 0.717) is 5.06 Å². The number of hydrogen-bond acceptors (Lipinski definition) is 3. The van der Waals surface area contributed by atoms with Gasteiger partial charge in [-0.15, -0.1) is 11.3 Å². The largest absolute Gasteiger partial charge is 0.285 e. The Labute approximate surface area is 128 Å². The second-order valence-electron chi connectivity index (χ2n) is 4.74. The molecule has 108 valence electrons. The lowest BCUT2D eigenvalue weighted by Gasteiger charge is -2.15. The van der Waals surface area contributed by atoms with Crippen molar-refractivity contribution >= 4 is 17.2 Å². The van der Waals surface area contributed by atoms with Gasteiger partial charge in [-0.2, -0.15) is 0 Å². The molecule has 0 saturated heterocycles. The van der Waals surface area contributed by atoms with Gasteiger partial charge in [-0.3, -0.25) is 10.0 Å². The number of amides is 1. The van der Waals surface area contributed by atoms with Crippen LogP contribution in [0, 0.1) is 11.8 Å². The average Bonchev–Trinajstić information content (AvgIpc) is 2.92. The maximum absolute atomic E-state index is 11.0. The zero-order valence-corrected chi connectivity index (χ0v) is 12.9. The molecule has 0 unspecified atom stereocenters. The third-order valence-electron chi connectivity index (χ3n) is 2.98. The lowest BCUT2D eigenvalue weighted by Crippen LogP contribution is -2.32. The van der Waals surface area contributed by atoms with Crippen molar-refractivity contribution < 1.29 is 10.0 Å². The van der Waals surface area contributed by atoms with Crippen LogP contribution in [0.3, 0.4) is 0 Å². The molecule has 0 radical (unpaired) electrons. The molecule has 0 bridgehead atoms. The molecule has 1 amide bonds. The second kappa shape index (κ2) is 7.07. The van der Waals surface area contributed by atoms with Crippen molar-refractivity contribution in [2.45, 2.75) is 26.3 Å². The Morgan fingerprint density at radius 1 is 1.29 bits per heavy atom. The molecule has 0 aliphatic heterocycles. The van der Waals surface area contributed by atoms with Crippen LogP contribution in [-0.4, -0.2) is 22.2 Å². The van der Waals surface area contributed by atoms with Gasteiger partial charge in [-0.25, -0.2) is 5.06 Å². The molecule has 2 rings (SSSR count). The first kappa shape index (κ1) is 15.3. The molecule has 0 aliphatic rings. The average molecular weight is 299 g/mol. The Hall–Kier alpha value is -2.09. The summed E-state index contributed by atoms with van der Waals surface area (Å²) in [5, 5.41) is 10.1. The van der Waals surface area contributed by atoms with E-state index in [2.05, 4.69) is 30.0 Å². The maximum Gasteiger partial charge on any atom is 0.243 e. The van der Waals surface area contributed by atoms with E-state index in [1.165, 1.54) is 17.4 Å². The third-order valence-corrected chi connectivity index (χ3v) is 3.98. The van der Waals surface area contributed by atoms with Crippen molar-refractivity contribution in [1.29, 1.82) is 0 Å². The second-order valence-corrected chi connectivity index (χ2v) is 5.91. The molecule has 0 saturated carbocycles. The van der Waals surface area contributed by atoms with Crippen LogP contribution < -0.4 is 0 Å². The number of hydrogen-bond donors (Lipinski definition) is 1. The van der Waals surface area contributed by atoms with Gasteiger partial charge in [0.25, 0.3) is 0 Å². The monoisotopic (exact) mass is 299 g/mol. The lowest BCUT2D eigenvalue weighted by atomic mass is 10.1. The number of thiophene rings is 1. The Morgan fingerprint density at radius 2 is 2.00 bits per heavy atom. The van der Waals surface area contributed by atoms with Crippen molar-refractivity contribution in [2.75, 3.05) is 0 Å². The van der Waals surface area contributed by atoms with E-state index in [1.54, 1.807) is 18.3 Å². The van der Waals surface area contributed by atoms with E-state index in [0.717, 1.165) is 11.3 Å². The molecule has 0 spiro atoms. The third kappa shape index (κ3) is 4.45. The molecular weight excluding hydrogens is 282 g/mol. The van der Waals surface area contributed by atoms with E-state index in [4.69, 9.17) is 0 Å². The van der Waals surface area contributed by atoms with Crippen molar-refractivity contribution in [3.8, 4) is 11.8 Å². The normalized spacial score (nSPS) is 11.4. The minimum Gasteiger partial charge on any atom is -0.285 e. The van der Waals surface area contributed by atoms with Crippen LogP contribution in [0.15, 0.2) is 42.5 Å². The molecule has 2 aromatic rings. The van der Waals surface area contributed by atoms with Gasteiger partial charge >= 0.3 is 0 Å². The van der Waals surface area contributed by atoms with Gasteiger partial charge in [-0.1, -0.05) is 42.2 Å². The molecule has 1 heterocycles. The zero-order chi connectivity index (χ0) is 15.2. The summed E-state index contributed by atoms with van der Waals surface area (Å²) in [6.45, 7) is 2.99. The maximum atomic E-state index is 11.0.